The molecule has 0 saturated heterocycles. The molecule has 1 amide bonds. The normalized spacial score (nSPS) is 14.8. The molecule has 102 valence electrons. The molecule has 0 saturated carbocycles. The van der Waals surface area contributed by atoms with Gasteiger partial charge in [0.15, 0.2) is 6.04 Å². The van der Waals surface area contributed by atoms with Gasteiger partial charge in [-0.05, 0) is 43.0 Å². The molecule has 0 fully saturated rings. The van der Waals surface area contributed by atoms with E-state index in [0.717, 1.165) is 18.4 Å². The maximum Gasteiger partial charge on any atom is 0.330 e. The summed E-state index contributed by atoms with van der Waals surface area (Å²) < 4.78 is 0. The Bertz CT molecular complexity index is 499. The van der Waals surface area contributed by atoms with Gasteiger partial charge in [0, 0.05) is 6.54 Å². The molecular weight excluding hydrogens is 244 g/mol. The van der Waals surface area contributed by atoms with E-state index in [4.69, 9.17) is 5.11 Å². The average Bonchev–Trinajstić information content (AvgIpc) is 2.84. The van der Waals surface area contributed by atoms with Crippen molar-refractivity contribution < 1.29 is 14.7 Å². The number of aliphatic carboxylic acids is 1. The van der Waals surface area contributed by atoms with E-state index in [-0.39, 0.29) is 0 Å². The van der Waals surface area contributed by atoms with Crippen LogP contribution in [0.15, 0.2) is 18.2 Å². The number of rotatable bonds is 5. The van der Waals surface area contributed by atoms with Gasteiger partial charge in [-0.2, -0.15) is 0 Å². The van der Waals surface area contributed by atoms with Crippen molar-refractivity contribution in [2.45, 2.75) is 31.8 Å². The van der Waals surface area contributed by atoms with Crippen LogP contribution in [0.1, 0.15) is 23.1 Å². The van der Waals surface area contributed by atoms with Crippen LogP contribution in [0.25, 0.3) is 0 Å². The minimum absolute atomic E-state index is 0.359. The molecule has 2 rings (SSSR count). The highest BCUT2D eigenvalue weighted by Crippen LogP contribution is 2.22. The number of likely N-dealkylation sites (N-methyl/N-ethyl adjacent to an activating group) is 1. The number of hydrogen-bond donors (Lipinski definition) is 3. The third-order valence-corrected chi connectivity index (χ3v) is 3.43. The highest BCUT2D eigenvalue weighted by atomic mass is 16.4. The Hall–Kier alpha value is -1.88. The van der Waals surface area contributed by atoms with Crippen molar-refractivity contribution in [2.75, 3.05) is 7.05 Å². The molecule has 1 aromatic carbocycles. The fourth-order valence-corrected chi connectivity index (χ4v) is 2.39. The first-order valence-electron chi connectivity index (χ1n) is 6.40. The molecule has 0 spiro atoms. The van der Waals surface area contributed by atoms with Crippen LogP contribution in [0.3, 0.4) is 0 Å². The summed E-state index contributed by atoms with van der Waals surface area (Å²) in [6.45, 7) is 0.359. The lowest BCUT2D eigenvalue weighted by molar-refractivity contribution is -0.143. The lowest BCUT2D eigenvalue weighted by Crippen LogP contribution is -2.47. The molecule has 1 aliphatic rings. The van der Waals surface area contributed by atoms with E-state index in [2.05, 4.69) is 22.8 Å². The molecular formula is C14H18N2O3. The lowest BCUT2D eigenvalue weighted by Gasteiger charge is -2.12. The number of aryl methyl sites for hydroxylation is 2. The van der Waals surface area contributed by atoms with Crippen LogP contribution in [0.4, 0.5) is 0 Å². The van der Waals surface area contributed by atoms with E-state index in [9.17, 15) is 9.59 Å². The Morgan fingerprint density at radius 2 is 2.05 bits per heavy atom. The molecule has 3 N–H and O–H groups in total. The average molecular weight is 262 g/mol. The SMILES string of the molecule is CNC(C(=O)O)C(=O)NCc1ccc2c(c1)CCC2. The number of fused-ring (bicyclic) bond motifs is 1. The number of carboxylic acids is 1. The molecule has 0 aromatic heterocycles. The predicted molar refractivity (Wildman–Crippen MR) is 70.8 cm³/mol. The quantitative estimate of drug-likeness (QED) is 0.674. The number of carbonyl (C=O) groups is 2. The van der Waals surface area contributed by atoms with Gasteiger partial charge >= 0.3 is 5.97 Å². The van der Waals surface area contributed by atoms with E-state index in [1.165, 1.54) is 24.6 Å². The van der Waals surface area contributed by atoms with Gasteiger partial charge in [-0.3, -0.25) is 10.1 Å². The fraction of sp³-hybridized carbons (Fsp3) is 0.429. The fourth-order valence-electron chi connectivity index (χ4n) is 2.39. The van der Waals surface area contributed by atoms with E-state index >= 15 is 0 Å². The molecule has 1 atom stereocenters. The van der Waals surface area contributed by atoms with Crippen LogP contribution >= 0.6 is 0 Å². The summed E-state index contributed by atoms with van der Waals surface area (Å²) in [7, 11) is 1.45. The van der Waals surface area contributed by atoms with Crippen molar-refractivity contribution in [3.05, 3.63) is 34.9 Å². The molecule has 1 unspecified atom stereocenters. The zero-order valence-electron chi connectivity index (χ0n) is 10.9. The Kier molecular flexibility index (Phi) is 4.16. The maximum atomic E-state index is 11.7. The largest absolute Gasteiger partial charge is 0.480 e. The van der Waals surface area contributed by atoms with Gasteiger partial charge < -0.3 is 10.4 Å². The van der Waals surface area contributed by atoms with Gasteiger partial charge in [0.2, 0.25) is 5.91 Å². The van der Waals surface area contributed by atoms with Crippen LogP contribution in [-0.2, 0) is 29.0 Å². The summed E-state index contributed by atoms with van der Waals surface area (Å²) in [5.74, 6) is -1.69. The monoisotopic (exact) mass is 262 g/mol. The Labute approximate surface area is 112 Å². The van der Waals surface area contributed by atoms with Gasteiger partial charge in [-0.1, -0.05) is 18.2 Å². The maximum absolute atomic E-state index is 11.7. The molecule has 5 heteroatoms. The molecule has 0 aliphatic heterocycles. The number of hydrogen-bond acceptors (Lipinski definition) is 3. The number of benzene rings is 1. The van der Waals surface area contributed by atoms with Gasteiger partial charge in [0.25, 0.3) is 0 Å². The van der Waals surface area contributed by atoms with E-state index in [1.54, 1.807) is 0 Å². The van der Waals surface area contributed by atoms with Crippen molar-refractivity contribution in [3.8, 4) is 0 Å². The zero-order chi connectivity index (χ0) is 13.8. The molecule has 5 nitrogen and oxygen atoms in total. The highest BCUT2D eigenvalue weighted by Gasteiger charge is 2.23. The van der Waals surface area contributed by atoms with Gasteiger partial charge in [0.1, 0.15) is 0 Å². The number of carbonyl (C=O) groups excluding carboxylic acids is 1. The first-order valence-corrected chi connectivity index (χ1v) is 6.40. The molecule has 19 heavy (non-hydrogen) atoms. The third-order valence-electron chi connectivity index (χ3n) is 3.43. The van der Waals surface area contributed by atoms with Crippen LogP contribution in [-0.4, -0.2) is 30.1 Å². The van der Waals surface area contributed by atoms with Crippen LogP contribution < -0.4 is 10.6 Å². The molecule has 1 aromatic rings. The summed E-state index contributed by atoms with van der Waals surface area (Å²) >= 11 is 0. The van der Waals surface area contributed by atoms with E-state index in [0.29, 0.717) is 6.54 Å². The summed E-state index contributed by atoms with van der Waals surface area (Å²) in [6, 6.07) is 4.97. The minimum Gasteiger partial charge on any atom is -0.480 e. The minimum atomic E-state index is -1.20. The van der Waals surface area contributed by atoms with E-state index in [1.807, 2.05) is 6.07 Å². The topological polar surface area (TPSA) is 78.4 Å². The van der Waals surface area contributed by atoms with Crippen molar-refractivity contribution in [1.29, 1.82) is 0 Å². The third kappa shape index (κ3) is 3.12. The smallest absolute Gasteiger partial charge is 0.330 e. The standard InChI is InChI=1S/C14H18N2O3/c1-15-12(14(18)19)13(17)16-8-9-5-6-10-3-2-4-11(10)7-9/h5-7,12,15H,2-4,8H2,1H3,(H,16,17)(H,18,19). The van der Waals surface area contributed by atoms with Gasteiger partial charge in [-0.15, -0.1) is 0 Å². The summed E-state index contributed by atoms with van der Waals surface area (Å²) in [5, 5.41) is 14.0. The second-order valence-corrected chi connectivity index (χ2v) is 4.73. The Morgan fingerprint density at radius 1 is 1.32 bits per heavy atom. The summed E-state index contributed by atoms with van der Waals surface area (Å²) in [5.41, 5.74) is 3.73. The van der Waals surface area contributed by atoms with Crippen LogP contribution in [0.5, 0.6) is 0 Å². The first kappa shape index (κ1) is 13.5. The summed E-state index contributed by atoms with van der Waals surface area (Å²) in [4.78, 5) is 22.5. The van der Waals surface area contributed by atoms with E-state index < -0.39 is 17.9 Å². The second kappa shape index (κ2) is 5.84. The zero-order valence-corrected chi connectivity index (χ0v) is 10.9. The number of amides is 1. The number of carboxylic acid groups (broad SMARTS) is 1. The lowest BCUT2D eigenvalue weighted by atomic mass is 10.1. The van der Waals surface area contributed by atoms with Gasteiger partial charge in [-0.25, -0.2) is 4.79 Å². The van der Waals surface area contributed by atoms with Crippen molar-refractivity contribution >= 4 is 11.9 Å². The number of nitrogens with one attached hydrogen (secondary N) is 2. The Morgan fingerprint density at radius 3 is 2.74 bits per heavy atom. The second-order valence-electron chi connectivity index (χ2n) is 4.73. The Balaban J connectivity index is 1.95. The van der Waals surface area contributed by atoms with Crippen LogP contribution in [0.2, 0.25) is 0 Å². The first-order chi connectivity index (χ1) is 9.11. The molecule has 1 aliphatic carbocycles. The molecule has 0 radical (unpaired) electrons. The summed E-state index contributed by atoms with van der Waals surface area (Å²) in [6.07, 6.45) is 3.40. The predicted octanol–water partition coefficient (Wildman–Crippen LogP) is 0.464. The van der Waals surface area contributed by atoms with Crippen molar-refractivity contribution in [2.24, 2.45) is 0 Å². The van der Waals surface area contributed by atoms with Gasteiger partial charge in [0.05, 0.1) is 0 Å². The van der Waals surface area contributed by atoms with Crippen LogP contribution in [0, 0.1) is 0 Å². The van der Waals surface area contributed by atoms with Crippen molar-refractivity contribution in [3.63, 3.8) is 0 Å². The highest BCUT2D eigenvalue weighted by molar-refractivity contribution is 6.01. The molecule has 0 heterocycles. The molecule has 0 bridgehead atoms. The van der Waals surface area contributed by atoms with Crippen molar-refractivity contribution in [1.82, 2.24) is 10.6 Å².